The van der Waals surface area contributed by atoms with Crippen LogP contribution in [0.4, 0.5) is 0 Å². The molecule has 0 saturated carbocycles. The summed E-state index contributed by atoms with van der Waals surface area (Å²) in [5, 5.41) is 6.63. The molecular weight excluding hydrogens is 782 g/mol. The zero-order chi connectivity index (χ0) is 33.2. The van der Waals surface area contributed by atoms with Crippen LogP contribution in [0.1, 0.15) is 52.7 Å². The van der Waals surface area contributed by atoms with Crippen LogP contribution in [0.15, 0.2) is 116 Å². The molecule has 0 radical (unpaired) electrons. The van der Waals surface area contributed by atoms with Crippen molar-refractivity contribution >= 4 is 43.4 Å². The number of fused-ring (bicyclic) bond motifs is 5. The van der Waals surface area contributed by atoms with Gasteiger partial charge in [0, 0.05) is 34.4 Å². The smallest absolute Gasteiger partial charge is 0.459 e. The summed E-state index contributed by atoms with van der Waals surface area (Å²) in [7, 11) is 0. The molecule has 0 saturated heterocycles. The van der Waals surface area contributed by atoms with Gasteiger partial charge in [-0.3, -0.25) is 0 Å². The van der Waals surface area contributed by atoms with Crippen LogP contribution in [0, 0.1) is 12.1 Å². The fraction of sp³-hybridized carbons (Fsp3) is 0.182. The van der Waals surface area contributed by atoms with Gasteiger partial charge in [-0.25, -0.2) is 21.1 Å². The quantitative estimate of drug-likeness (QED) is 0.166. The molecule has 8 aromatic rings. The van der Waals surface area contributed by atoms with Crippen molar-refractivity contribution in [3.8, 4) is 28.6 Å². The summed E-state index contributed by atoms with van der Waals surface area (Å²) in [6, 6.07) is 43.6. The van der Waals surface area contributed by atoms with Crippen molar-refractivity contribution in [2.45, 2.75) is 52.4 Å². The van der Waals surface area contributed by atoms with Crippen molar-refractivity contribution in [3.05, 3.63) is 139 Å². The maximum atomic E-state index is 6.51. The van der Waals surface area contributed by atoms with Crippen molar-refractivity contribution in [2.24, 2.45) is 0 Å². The van der Waals surface area contributed by atoms with Crippen molar-refractivity contribution in [2.75, 3.05) is 0 Å². The van der Waals surface area contributed by atoms with E-state index in [4.69, 9.17) is 9.72 Å². The summed E-state index contributed by atoms with van der Waals surface area (Å²) >= 11 is 0. The van der Waals surface area contributed by atoms with E-state index in [1.54, 1.807) is 6.20 Å². The fourth-order valence-corrected chi connectivity index (χ4v) is 6.45. The average molecular weight is 819 g/mol. The van der Waals surface area contributed by atoms with Gasteiger partial charge < -0.3 is 9.30 Å². The molecule has 0 spiro atoms. The molecule has 8 rings (SSSR count). The van der Waals surface area contributed by atoms with Crippen molar-refractivity contribution < 1.29 is 25.8 Å². The summed E-state index contributed by atoms with van der Waals surface area (Å²) in [5.74, 6) is 2.06. The number of rotatable bonds is 4. The summed E-state index contributed by atoms with van der Waals surface area (Å²) in [6.07, 6.45) is 3.75. The van der Waals surface area contributed by atoms with Gasteiger partial charge in [0.25, 0.3) is 0 Å². The number of pyridine rings is 2. The Morgan fingerprint density at radius 3 is 2.10 bits per heavy atom. The first-order chi connectivity index (χ1) is 23.0. The van der Waals surface area contributed by atoms with Gasteiger partial charge in [-0.15, -0.1) is 17.7 Å². The first kappa shape index (κ1) is 32.7. The van der Waals surface area contributed by atoms with Gasteiger partial charge in [-0.2, -0.15) is 18.2 Å². The standard InChI is InChI=1S/C44H37N3O.Pt/c1-43(2,3)33-16-18-39-38(26-33)37-17-15-30(23-40(37)47(39)41-24-29-12-7-8-13-31(29)27-46-41)32-21-34(44(4,5)6)25-35(22-32)48-42-36-14-10-9-11-28(36)19-20-45-42;/h7-21,24-27H,1-6H3;/q-2;+2. The van der Waals surface area contributed by atoms with Crippen LogP contribution in [0.5, 0.6) is 11.6 Å². The van der Waals surface area contributed by atoms with Crippen LogP contribution in [-0.4, -0.2) is 14.5 Å². The molecule has 5 heteroatoms. The van der Waals surface area contributed by atoms with Gasteiger partial charge in [0.2, 0.25) is 5.88 Å². The van der Waals surface area contributed by atoms with E-state index >= 15 is 0 Å². The van der Waals surface area contributed by atoms with E-state index in [0.29, 0.717) is 11.6 Å². The Hall–Kier alpha value is -4.79. The Morgan fingerprint density at radius 2 is 1.33 bits per heavy atom. The Bertz CT molecular complexity index is 2510. The van der Waals surface area contributed by atoms with Crippen LogP contribution >= 0.6 is 0 Å². The van der Waals surface area contributed by atoms with Crippen LogP contribution in [0.2, 0.25) is 0 Å². The van der Waals surface area contributed by atoms with E-state index in [2.05, 4.69) is 142 Å². The number of benzene rings is 5. The van der Waals surface area contributed by atoms with Crippen molar-refractivity contribution in [1.29, 1.82) is 0 Å². The Kier molecular flexibility index (Phi) is 8.20. The largest absolute Gasteiger partial charge is 2.00 e. The van der Waals surface area contributed by atoms with Crippen LogP contribution in [0.25, 0.3) is 60.3 Å². The van der Waals surface area contributed by atoms with Crippen LogP contribution in [-0.2, 0) is 31.9 Å². The third-order valence-electron chi connectivity index (χ3n) is 9.23. The summed E-state index contributed by atoms with van der Waals surface area (Å²) in [5.41, 5.74) is 6.27. The third-order valence-corrected chi connectivity index (χ3v) is 9.23. The predicted octanol–water partition coefficient (Wildman–Crippen LogP) is 11.5. The summed E-state index contributed by atoms with van der Waals surface area (Å²) in [4.78, 5) is 9.56. The monoisotopic (exact) mass is 818 g/mol. The van der Waals surface area contributed by atoms with E-state index in [0.717, 1.165) is 60.5 Å². The minimum Gasteiger partial charge on any atom is -0.459 e. The molecule has 0 aliphatic carbocycles. The molecule has 244 valence electrons. The predicted molar refractivity (Wildman–Crippen MR) is 198 cm³/mol. The Balaban J connectivity index is 0.00000378. The van der Waals surface area contributed by atoms with E-state index in [9.17, 15) is 0 Å². The van der Waals surface area contributed by atoms with E-state index < -0.39 is 0 Å². The molecule has 4 nitrogen and oxygen atoms in total. The molecule has 5 aromatic carbocycles. The second-order valence-electron chi connectivity index (χ2n) is 14.7. The molecule has 3 heterocycles. The molecule has 0 aliphatic heterocycles. The number of aromatic nitrogens is 3. The maximum absolute atomic E-state index is 6.51. The zero-order valence-corrected chi connectivity index (χ0v) is 30.8. The molecule has 0 bridgehead atoms. The molecule has 0 N–H and O–H groups in total. The van der Waals surface area contributed by atoms with Gasteiger partial charge in [-0.1, -0.05) is 108 Å². The van der Waals surface area contributed by atoms with Gasteiger partial charge in [0.1, 0.15) is 5.82 Å². The second-order valence-corrected chi connectivity index (χ2v) is 14.7. The van der Waals surface area contributed by atoms with E-state index in [-0.39, 0.29) is 31.9 Å². The normalized spacial score (nSPS) is 12.1. The number of hydrogen-bond donors (Lipinski definition) is 0. The Labute approximate surface area is 302 Å². The molecular formula is C44H37N3OPt. The number of nitrogens with zero attached hydrogens (tertiary/aromatic N) is 3. The second kappa shape index (κ2) is 12.3. The molecule has 0 atom stereocenters. The summed E-state index contributed by atoms with van der Waals surface area (Å²) < 4.78 is 8.76. The number of hydrogen-bond acceptors (Lipinski definition) is 3. The fourth-order valence-electron chi connectivity index (χ4n) is 6.45. The first-order valence-corrected chi connectivity index (χ1v) is 16.5. The maximum Gasteiger partial charge on any atom is 2.00 e. The van der Waals surface area contributed by atoms with Gasteiger partial charge in [-0.05, 0) is 62.3 Å². The van der Waals surface area contributed by atoms with Crippen LogP contribution in [0.3, 0.4) is 0 Å². The van der Waals surface area contributed by atoms with Gasteiger partial charge >= 0.3 is 21.1 Å². The SMILES string of the molecule is CC(C)(C)c1cc(Oc2nccc3ccccc23)[c-]c(-c2[c-]c3c(cc2)c2cc(C(C)(C)C)ccc2n3-c2cc3ccccc3cn2)c1.[Pt+2]. The topological polar surface area (TPSA) is 39.9 Å². The minimum atomic E-state index is -0.120. The summed E-state index contributed by atoms with van der Waals surface area (Å²) in [6.45, 7) is 13.4. The molecule has 3 aromatic heterocycles. The Morgan fingerprint density at radius 1 is 0.592 bits per heavy atom. The van der Waals surface area contributed by atoms with E-state index in [1.807, 2.05) is 30.5 Å². The van der Waals surface area contributed by atoms with Crippen molar-refractivity contribution in [3.63, 3.8) is 0 Å². The number of ether oxygens (including phenoxy) is 1. The molecule has 0 aliphatic rings. The zero-order valence-electron chi connectivity index (χ0n) is 28.5. The van der Waals surface area contributed by atoms with Crippen LogP contribution < -0.4 is 4.74 Å². The van der Waals surface area contributed by atoms with E-state index in [1.165, 1.54) is 10.9 Å². The first-order valence-electron chi connectivity index (χ1n) is 16.5. The van der Waals surface area contributed by atoms with Crippen molar-refractivity contribution in [1.82, 2.24) is 14.5 Å². The molecule has 0 unspecified atom stereocenters. The van der Waals surface area contributed by atoms with Gasteiger partial charge in [0.15, 0.2) is 0 Å². The average Bonchev–Trinajstić information content (AvgIpc) is 3.40. The van der Waals surface area contributed by atoms with Gasteiger partial charge in [0.05, 0.1) is 0 Å². The molecule has 0 amide bonds. The molecule has 49 heavy (non-hydrogen) atoms. The minimum absolute atomic E-state index is 0. The molecule has 0 fully saturated rings. The third kappa shape index (κ3) is 6.04.